The van der Waals surface area contributed by atoms with Crippen molar-refractivity contribution in [3.8, 4) is 0 Å². The van der Waals surface area contributed by atoms with Crippen molar-refractivity contribution in [2.24, 2.45) is 5.92 Å². The molecular formula is C8H13IO. The number of rotatable bonds is 3. The predicted octanol–water partition coefficient (Wildman–Crippen LogP) is 2.94. The number of halogens is 1. The molecule has 0 spiro atoms. The Morgan fingerprint density at radius 1 is 1.70 bits per heavy atom. The molecule has 0 aliphatic rings. The second-order valence-electron chi connectivity index (χ2n) is 2.46. The summed E-state index contributed by atoms with van der Waals surface area (Å²) >= 11 is 2.08. The van der Waals surface area contributed by atoms with Gasteiger partial charge in [-0.1, -0.05) is 26.3 Å². The second-order valence-corrected chi connectivity index (χ2v) is 3.62. The van der Waals surface area contributed by atoms with Crippen LogP contribution in [-0.2, 0) is 4.79 Å². The van der Waals surface area contributed by atoms with Gasteiger partial charge in [-0.15, -0.1) is 0 Å². The fraction of sp³-hybridized carbons (Fsp3) is 0.625. The van der Waals surface area contributed by atoms with Crippen molar-refractivity contribution in [1.82, 2.24) is 0 Å². The van der Waals surface area contributed by atoms with Gasteiger partial charge in [0.1, 0.15) is 0 Å². The summed E-state index contributed by atoms with van der Waals surface area (Å²) in [5.41, 5.74) is 0. The van der Waals surface area contributed by atoms with Crippen LogP contribution in [0.4, 0.5) is 0 Å². The molecule has 0 aromatic rings. The number of carbonyl (C=O) groups is 1. The molecule has 0 saturated carbocycles. The minimum Gasteiger partial charge on any atom is -0.294 e. The topological polar surface area (TPSA) is 17.1 Å². The summed E-state index contributed by atoms with van der Waals surface area (Å²) in [6.45, 7) is 5.83. The van der Waals surface area contributed by atoms with E-state index >= 15 is 0 Å². The van der Waals surface area contributed by atoms with Gasteiger partial charge in [-0.05, 0) is 35.4 Å². The predicted molar refractivity (Wildman–Crippen MR) is 52.2 cm³/mol. The maximum Gasteiger partial charge on any atom is 0.165 e. The summed E-state index contributed by atoms with van der Waals surface area (Å²) < 4.78 is 0.854. The first kappa shape index (κ1) is 10.1. The average molecular weight is 252 g/mol. The molecule has 10 heavy (non-hydrogen) atoms. The highest BCUT2D eigenvalue weighted by atomic mass is 127. The van der Waals surface area contributed by atoms with Gasteiger partial charge in [0.15, 0.2) is 5.78 Å². The summed E-state index contributed by atoms with van der Waals surface area (Å²) in [5, 5.41) is 0. The Kier molecular flexibility index (Phi) is 4.95. The number of Topliss-reactive ketones (excluding diaryl/α,β-unsaturated/α-hetero) is 1. The lowest BCUT2D eigenvalue weighted by atomic mass is 10.1. The molecule has 58 valence electrons. The van der Waals surface area contributed by atoms with Crippen LogP contribution in [0.1, 0.15) is 27.2 Å². The van der Waals surface area contributed by atoms with Crippen LogP contribution in [0.3, 0.4) is 0 Å². The van der Waals surface area contributed by atoms with Crippen molar-refractivity contribution in [2.45, 2.75) is 27.2 Å². The number of ketones is 1. The van der Waals surface area contributed by atoms with Crippen molar-refractivity contribution < 1.29 is 4.79 Å². The minimum absolute atomic E-state index is 0.168. The summed E-state index contributed by atoms with van der Waals surface area (Å²) in [5.74, 6) is 0.691. The molecule has 0 radical (unpaired) electrons. The molecule has 0 aromatic carbocycles. The molecule has 0 rings (SSSR count). The van der Waals surface area contributed by atoms with Crippen LogP contribution < -0.4 is 0 Å². The Labute approximate surface area is 76.0 Å². The van der Waals surface area contributed by atoms with E-state index in [1.807, 2.05) is 6.08 Å². The summed E-state index contributed by atoms with van der Waals surface area (Å²) in [6, 6.07) is 0. The number of allylic oxidation sites excluding steroid dienone is 2. The maximum absolute atomic E-state index is 10.7. The lowest BCUT2D eigenvalue weighted by Crippen LogP contribution is -1.92. The zero-order valence-electron chi connectivity index (χ0n) is 6.65. The Hall–Kier alpha value is 0.140. The van der Waals surface area contributed by atoms with Crippen LogP contribution in [0.2, 0.25) is 0 Å². The van der Waals surface area contributed by atoms with Crippen LogP contribution in [0, 0.1) is 5.92 Å². The molecule has 2 heteroatoms. The van der Waals surface area contributed by atoms with Crippen LogP contribution >= 0.6 is 22.6 Å². The van der Waals surface area contributed by atoms with Gasteiger partial charge in [-0.3, -0.25) is 4.79 Å². The van der Waals surface area contributed by atoms with E-state index in [1.165, 1.54) is 0 Å². The highest BCUT2D eigenvalue weighted by molar-refractivity contribution is 14.1. The van der Waals surface area contributed by atoms with E-state index < -0.39 is 0 Å². The Morgan fingerprint density at radius 2 is 2.20 bits per heavy atom. The number of hydrogen-bond donors (Lipinski definition) is 0. The third-order valence-electron chi connectivity index (χ3n) is 1.41. The van der Waals surface area contributed by atoms with E-state index in [1.54, 1.807) is 6.92 Å². The van der Waals surface area contributed by atoms with E-state index in [4.69, 9.17) is 0 Å². The normalized spacial score (nSPS) is 15.0. The quantitative estimate of drug-likeness (QED) is 0.557. The van der Waals surface area contributed by atoms with Gasteiger partial charge in [-0.25, -0.2) is 0 Å². The van der Waals surface area contributed by atoms with Gasteiger partial charge >= 0.3 is 0 Å². The Bertz CT molecular complexity index is 149. The first-order chi connectivity index (χ1) is 4.57. The van der Waals surface area contributed by atoms with Crippen LogP contribution in [0.15, 0.2) is 9.66 Å². The summed E-state index contributed by atoms with van der Waals surface area (Å²) in [7, 11) is 0. The standard InChI is InChI=1S/C8H13IO/c1-4-6(2)5-8(9)7(3)10/h5-6H,4H2,1-3H3/b8-5-. The van der Waals surface area contributed by atoms with Crippen molar-refractivity contribution in [2.75, 3.05) is 0 Å². The Morgan fingerprint density at radius 3 is 2.50 bits per heavy atom. The van der Waals surface area contributed by atoms with Gasteiger partial charge in [0.05, 0.1) is 3.58 Å². The molecule has 1 atom stereocenters. The maximum atomic E-state index is 10.7. The zero-order chi connectivity index (χ0) is 8.15. The number of hydrogen-bond acceptors (Lipinski definition) is 1. The highest BCUT2D eigenvalue weighted by Crippen LogP contribution is 2.13. The third kappa shape index (κ3) is 4.04. The SMILES string of the molecule is CCC(C)/C=C(\I)C(C)=O. The molecule has 0 aliphatic heterocycles. The molecule has 1 nitrogen and oxygen atoms in total. The smallest absolute Gasteiger partial charge is 0.165 e. The average Bonchev–Trinajstić information content (AvgIpc) is 1.87. The van der Waals surface area contributed by atoms with Crippen molar-refractivity contribution in [3.05, 3.63) is 9.66 Å². The molecule has 1 unspecified atom stereocenters. The molecule has 0 aromatic heterocycles. The van der Waals surface area contributed by atoms with E-state index in [9.17, 15) is 4.79 Å². The van der Waals surface area contributed by atoms with Crippen molar-refractivity contribution in [1.29, 1.82) is 0 Å². The second kappa shape index (κ2) is 4.88. The Balaban J connectivity index is 4.02. The van der Waals surface area contributed by atoms with Crippen molar-refractivity contribution >= 4 is 28.4 Å². The molecule has 0 amide bonds. The third-order valence-corrected chi connectivity index (χ3v) is 2.53. The first-order valence-corrected chi connectivity index (χ1v) is 4.54. The monoisotopic (exact) mass is 252 g/mol. The lowest BCUT2D eigenvalue weighted by Gasteiger charge is -2.00. The van der Waals surface area contributed by atoms with E-state index in [-0.39, 0.29) is 5.78 Å². The fourth-order valence-corrected chi connectivity index (χ4v) is 1.10. The van der Waals surface area contributed by atoms with Crippen LogP contribution in [0.25, 0.3) is 0 Å². The first-order valence-electron chi connectivity index (χ1n) is 3.46. The van der Waals surface area contributed by atoms with Gasteiger partial charge in [0.2, 0.25) is 0 Å². The highest BCUT2D eigenvalue weighted by Gasteiger charge is 2.00. The lowest BCUT2D eigenvalue weighted by molar-refractivity contribution is -0.112. The molecule has 0 heterocycles. The largest absolute Gasteiger partial charge is 0.294 e. The minimum atomic E-state index is 0.168. The molecule has 0 N–H and O–H groups in total. The van der Waals surface area contributed by atoms with Crippen LogP contribution in [0.5, 0.6) is 0 Å². The zero-order valence-corrected chi connectivity index (χ0v) is 8.81. The molecule has 0 aliphatic carbocycles. The van der Waals surface area contributed by atoms with Crippen molar-refractivity contribution in [3.63, 3.8) is 0 Å². The van der Waals surface area contributed by atoms with E-state index in [0.717, 1.165) is 10.0 Å². The van der Waals surface area contributed by atoms with E-state index in [2.05, 4.69) is 36.4 Å². The molecule has 0 saturated heterocycles. The molecule has 0 bridgehead atoms. The molecular weight excluding hydrogens is 239 g/mol. The van der Waals surface area contributed by atoms with Gasteiger partial charge in [0.25, 0.3) is 0 Å². The van der Waals surface area contributed by atoms with Gasteiger partial charge in [-0.2, -0.15) is 0 Å². The number of carbonyl (C=O) groups excluding carboxylic acids is 1. The summed E-state index contributed by atoms with van der Waals surface area (Å²) in [6.07, 6.45) is 3.11. The molecule has 0 fully saturated rings. The van der Waals surface area contributed by atoms with Crippen LogP contribution in [-0.4, -0.2) is 5.78 Å². The summed E-state index contributed by atoms with van der Waals surface area (Å²) in [4.78, 5) is 10.7. The van der Waals surface area contributed by atoms with Gasteiger partial charge < -0.3 is 0 Å². The fourth-order valence-electron chi connectivity index (χ4n) is 0.485. The van der Waals surface area contributed by atoms with Gasteiger partial charge in [0, 0.05) is 0 Å². The van der Waals surface area contributed by atoms with E-state index in [0.29, 0.717) is 5.92 Å².